The SMILES string of the molecule is C[C@H]1CN(CCOc2ccc3c(n2)sc2nc(-c4ccc(NC(=O)Nc5cc(C(C)(C)C)on5)cc4)cn23)CCN1. The number of benzene rings is 1. The molecule has 1 fully saturated rings. The van der Waals surface area contributed by atoms with E-state index in [2.05, 4.69) is 37.3 Å². The molecule has 1 atom stereocenters. The van der Waals surface area contributed by atoms with E-state index < -0.39 is 6.03 Å². The molecule has 5 heterocycles. The van der Waals surface area contributed by atoms with Crippen LogP contribution in [0.2, 0.25) is 0 Å². The topological polar surface area (TPSA) is 122 Å². The summed E-state index contributed by atoms with van der Waals surface area (Å²) in [5.74, 6) is 1.70. The molecule has 4 aromatic heterocycles. The molecule has 3 N–H and O–H groups in total. The average molecular weight is 575 g/mol. The van der Waals surface area contributed by atoms with Crippen molar-refractivity contribution in [1.82, 2.24) is 29.7 Å². The smallest absolute Gasteiger partial charge is 0.324 e. The number of aromatic nitrogens is 4. The Morgan fingerprint density at radius 1 is 1.17 bits per heavy atom. The van der Waals surface area contributed by atoms with Crippen LogP contribution in [-0.2, 0) is 5.41 Å². The van der Waals surface area contributed by atoms with Gasteiger partial charge < -0.3 is 19.9 Å². The van der Waals surface area contributed by atoms with Crippen molar-refractivity contribution >= 4 is 44.2 Å². The number of hydrogen-bond donors (Lipinski definition) is 3. The molecule has 214 valence electrons. The van der Waals surface area contributed by atoms with Crippen molar-refractivity contribution in [2.24, 2.45) is 0 Å². The molecule has 5 aromatic rings. The number of urea groups is 1. The van der Waals surface area contributed by atoms with Crippen molar-refractivity contribution in [3.05, 3.63) is 54.4 Å². The van der Waals surface area contributed by atoms with Gasteiger partial charge in [-0.05, 0) is 25.1 Å². The van der Waals surface area contributed by atoms with Gasteiger partial charge in [-0.1, -0.05) is 49.4 Å². The molecule has 6 rings (SSSR count). The first-order valence-corrected chi connectivity index (χ1v) is 14.6. The van der Waals surface area contributed by atoms with Crippen molar-refractivity contribution in [1.29, 1.82) is 0 Å². The molecular formula is C29H34N8O3S. The zero-order chi connectivity index (χ0) is 28.6. The summed E-state index contributed by atoms with van der Waals surface area (Å²) < 4.78 is 13.3. The maximum absolute atomic E-state index is 12.4. The van der Waals surface area contributed by atoms with Gasteiger partial charge in [0.15, 0.2) is 10.8 Å². The predicted molar refractivity (Wildman–Crippen MR) is 161 cm³/mol. The van der Waals surface area contributed by atoms with Gasteiger partial charge in [0.25, 0.3) is 0 Å². The third-order valence-corrected chi connectivity index (χ3v) is 7.94. The second-order valence-corrected chi connectivity index (χ2v) is 12.3. The minimum absolute atomic E-state index is 0.190. The number of imidazole rings is 1. The van der Waals surface area contributed by atoms with E-state index in [4.69, 9.17) is 19.2 Å². The fraction of sp³-hybridized carbons (Fsp3) is 0.379. The first kappa shape index (κ1) is 27.2. The summed E-state index contributed by atoms with van der Waals surface area (Å²) in [7, 11) is 0. The Morgan fingerprint density at radius 2 is 2.00 bits per heavy atom. The van der Waals surface area contributed by atoms with Crippen molar-refractivity contribution in [2.45, 2.75) is 39.2 Å². The van der Waals surface area contributed by atoms with Crippen molar-refractivity contribution in [3.8, 4) is 17.1 Å². The van der Waals surface area contributed by atoms with Crippen LogP contribution in [0.5, 0.6) is 5.88 Å². The predicted octanol–water partition coefficient (Wildman–Crippen LogP) is 5.21. The van der Waals surface area contributed by atoms with Crippen LogP contribution in [0, 0.1) is 0 Å². The standard InChI is InChI=1S/C29H34N8O3S/c1-18-16-36(12-11-30-18)13-14-39-25-10-9-22-26(34-25)41-28-32-21(17-37(22)28)19-5-7-20(8-6-19)31-27(38)33-24-15-23(40-35-24)29(2,3)4/h5-10,15,17-18,30H,11-14,16H2,1-4H3,(H2,31,33,35,38)/t18-/m0/s1. The quantitative estimate of drug-likeness (QED) is 0.242. The number of thiazole rings is 1. The minimum atomic E-state index is -0.394. The molecule has 0 spiro atoms. The van der Waals surface area contributed by atoms with Crippen LogP contribution in [-0.4, -0.2) is 69.3 Å². The lowest BCUT2D eigenvalue weighted by atomic mass is 9.93. The summed E-state index contributed by atoms with van der Waals surface area (Å²) in [4.78, 5) is 26.1. The monoisotopic (exact) mass is 574 g/mol. The third-order valence-electron chi connectivity index (χ3n) is 6.98. The molecule has 1 aliphatic rings. The van der Waals surface area contributed by atoms with Gasteiger partial charge in [0.1, 0.15) is 17.2 Å². The van der Waals surface area contributed by atoms with E-state index in [9.17, 15) is 4.79 Å². The molecule has 0 saturated carbocycles. The van der Waals surface area contributed by atoms with Crippen molar-refractivity contribution in [3.63, 3.8) is 0 Å². The number of nitrogens with zero attached hydrogens (tertiary/aromatic N) is 5. The van der Waals surface area contributed by atoms with E-state index in [-0.39, 0.29) is 5.41 Å². The van der Waals surface area contributed by atoms with Crippen LogP contribution in [0.15, 0.2) is 53.2 Å². The highest BCUT2D eigenvalue weighted by Crippen LogP contribution is 2.30. The average Bonchev–Trinajstić information content (AvgIpc) is 3.64. The molecule has 11 nitrogen and oxygen atoms in total. The van der Waals surface area contributed by atoms with Gasteiger partial charge in [-0.2, -0.15) is 0 Å². The zero-order valence-corrected chi connectivity index (χ0v) is 24.4. The number of anilines is 2. The van der Waals surface area contributed by atoms with Gasteiger partial charge >= 0.3 is 6.03 Å². The van der Waals surface area contributed by atoms with Crippen molar-refractivity contribution < 1.29 is 14.1 Å². The first-order valence-electron chi connectivity index (χ1n) is 13.7. The maximum atomic E-state index is 12.4. The molecule has 1 aliphatic heterocycles. The van der Waals surface area contributed by atoms with Gasteiger partial charge in [0, 0.05) is 67.2 Å². The minimum Gasteiger partial charge on any atom is -0.476 e. The molecule has 0 bridgehead atoms. The van der Waals surface area contributed by atoms with E-state index in [0.29, 0.717) is 35.8 Å². The highest BCUT2D eigenvalue weighted by Gasteiger charge is 2.20. The summed E-state index contributed by atoms with van der Waals surface area (Å²) in [5.41, 5.74) is 3.24. The lowest BCUT2D eigenvalue weighted by molar-refractivity contribution is 0.168. The van der Waals surface area contributed by atoms with Crippen LogP contribution in [0.1, 0.15) is 33.5 Å². The van der Waals surface area contributed by atoms with Crippen LogP contribution >= 0.6 is 11.3 Å². The lowest BCUT2D eigenvalue weighted by Gasteiger charge is -2.31. The fourth-order valence-electron chi connectivity index (χ4n) is 4.77. The molecule has 12 heteroatoms. The Balaban J connectivity index is 1.07. The van der Waals surface area contributed by atoms with Crippen molar-refractivity contribution in [2.75, 3.05) is 43.4 Å². The molecule has 1 saturated heterocycles. The Hall–Kier alpha value is -4.00. The second-order valence-electron chi connectivity index (χ2n) is 11.3. The van der Waals surface area contributed by atoms with Gasteiger partial charge in [-0.15, -0.1) is 0 Å². The summed E-state index contributed by atoms with van der Waals surface area (Å²) in [6, 6.07) is 13.4. The van der Waals surface area contributed by atoms with E-state index in [1.165, 1.54) is 11.3 Å². The van der Waals surface area contributed by atoms with Gasteiger partial charge in [0.2, 0.25) is 5.88 Å². The molecule has 0 aliphatic carbocycles. The Labute approximate surface area is 241 Å². The number of fused-ring (bicyclic) bond motifs is 3. The number of pyridine rings is 1. The van der Waals surface area contributed by atoms with Crippen LogP contribution in [0.25, 0.3) is 26.6 Å². The number of hydrogen-bond acceptors (Lipinski definition) is 9. The van der Waals surface area contributed by atoms with Gasteiger partial charge in [-0.3, -0.25) is 14.6 Å². The number of piperazine rings is 1. The number of rotatable bonds is 7. The lowest BCUT2D eigenvalue weighted by Crippen LogP contribution is -2.50. The van der Waals surface area contributed by atoms with Crippen LogP contribution < -0.4 is 20.7 Å². The van der Waals surface area contributed by atoms with E-state index in [0.717, 1.165) is 52.7 Å². The molecule has 1 aromatic carbocycles. The van der Waals surface area contributed by atoms with Gasteiger partial charge in [0.05, 0.1) is 11.2 Å². The summed E-state index contributed by atoms with van der Waals surface area (Å²) in [6.07, 6.45) is 2.01. The normalized spacial score (nSPS) is 16.3. The number of ether oxygens (including phenoxy) is 1. The first-order chi connectivity index (χ1) is 19.7. The highest BCUT2D eigenvalue weighted by atomic mass is 32.1. The van der Waals surface area contributed by atoms with Crippen LogP contribution in [0.3, 0.4) is 0 Å². The zero-order valence-electron chi connectivity index (χ0n) is 23.6. The van der Waals surface area contributed by atoms with E-state index in [1.807, 2.05) is 63.4 Å². The summed E-state index contributed by atoms with van der Waals surface area (Å²) in [5, 5.41) is 12.9. The maximum Gasteiger partial charge on any atom is 0.324 e. The molecule has 0 radical (unpaired) electrons. The molecular weight excluding hydrogens is 540 g/mol. The van der Waals surface area contributed by atoms with Crippen LogP contribution in [0.4, 0.5) is 16.3 Å². The molecule has 0 unspecified atom stereocenters. The third kappa shape index (κ3) is 6.19. The Kier molecular flexibility index (Phi) is 7.37. The Morgan fingerprint density at radius 3 is 2.76 bits per heavy atom. The largest absolute Gasteiger partial charge is 0.476 e. The number of carbonyl (C=O) groups is 1. The van der Waals surface area contributed by atoms with Gasteiger partial charge in [-0.25, -0.2) is 14.8 Å². The van der Waals surface area contributed by atoms with E-state index >= 15 is 0 Å². The van der Waals surface area contributed by atoms with E-state index in [1.54, 1.807) is 6.07 Å². The summed E-state index contributed by atoms with van der Waals surface area (Å²) >= 11 is 1.53. The molecule has 2 amide bonds. The second kappa shape index (κ2) is 11.1. The number of carbonyl (C=O) groups excluding carboxylic acids is 1. The highest BCUT2D eigenvalue weighted by molar-refractivity contribution is 7.23. The number of nitrogens with one attached hydrogen (secondary N) is 3. The molecule has 41 heavy (non-hydrogen) atoms. The fourth-order valence-corrected chi connectivity index (χ4v) is 5.75. The Bertz CT molecular complexity index is 1670. The number of amides is 2. The summed E-state index contributed by atoms with van der Waals surface area (Å²) in [6.45, 7) is 12.9.